The molecule has 0 saturated carbocycles. The summed E-state index contributed by atoms with van der Waals surface area (Å²) in [6.45, 7) is 0. The van der Waals surface area contributed by atoms with E-state index in [4.69, 9.17) is 77.0 Å². The van der Waals surface area contributed by atoms with E-state index in [2.05, 4.69) is 0 Å². The SMILES string of the molecule is O=P([O-])([O-])[O-].O=P([O-])([O-])[O-].O=P([O-])([O-])[O-].O=P([O-])([O-])[O-].[Cu+2].[Cu+2].[Cu+2].[Zn+2].[Zn+2].[Zn+2]. The van der Waals surface area contributed by atoms with Crippen molar-refractivity contribution in [1.82, 2.24) is 0 Å². The van der Waals surface area contributed by atoms with Gasteiger partial charge in [-0.1, -0.05) is 0 Å². The monoisotopic (exact) mass is 760 g/mol. The van der Waals surface area contributed by atoms with E-state index in [1.807, 2.05) is 0 Å². The van der Waals surface area contributed by atoms with Gasteiger partial charge in [-0.15, -0.1) is 0 Å². The van der Waals surface area contributed by atoms with Crippen LogP contribution in [-0.4, -0.2) is 0 Å². The van der Waals surface area contributed by atoms with Crippen LogP contribution in [0, 0.1) is 0 Å². The molecule has 0 N–H and O–H groups in total. The van der Waals surface area contributed by atoms with Crippen LogP contribution < -0.4 is 58.7 Å². The molecule has 0 amide bonds. The van der Waals surface area contributed by atoms with Crippen molar-refractivity contribution in [2.75, 3.05) is 0 Å². The van der Waals surface area contributed by atoms with Crippen LogP contribution in [0.4, 0.5) is 0 Å². The van der Waals surface area contributed by atoms with Gasteiger partial charge in [0, 0.05) is 0 Å². The zero-order chi connectivity index (χ0) is 18.0. The van der Waals surface area contributed by atoms with E-state index in [1.165, 1.54) is 0 Å². The van der Waals surface area contributed by atoms with E-state index in [1.54, 1.807) is 0 Å². The smallest absolute Gasteiger partial charge is 0.822 e. The molecule has 0 fully saturated rings. The molecule has 0 aliphatic rings. The minimum atomic E-state index is -5.39. The van der Waals surface area contributed by atoms with Gasteiger partial charge >= 0.3 is 110 Å². The zero-order valence-corrected chi connectivity index (χ0v) is 26.7. The van der Waals surface area contributed by atoms with Gasteiger partial charge in [-0.25, -0.2) is 0 Å². The van der Waals surface area contributed by atoms with Gasteiger partial charge in [0.25, 0.3) is 0 Å². The number of hydrogen-bond donors (Lipinski definition) is 0. The maximum Gasteiger partial charge on any atom is 2.00 e. The van der Waals surface area contributed by atoms with Crippen molar-refractivity contribution >= 4 is 31.3 Å². The fourth-order valence-electron chi connectivity index (χ4n) is 0. The second-order valence-electron chi connectivity index (χ2n) is 1.79. The van der Waals surface area contributed by atoms with Crippen LogP contribution in [0.1, 0.15) is 0 Å². The van der Waals surface area contributed by atoms with Gasteiger partial charge in [0.1, 0.15) is 0 Å². The molecule has 0 atom stereocenters. The van der Waals surface area contributed by atoms with Crippen LogP contribution >= 0.6 is 31.3 Å². The Kier molecular flexibility index (Phi) is 70.0. The molecule has 26 heavy (non-hydrogen) atoms. The molecular formula is Cu3O16P4Zn3. The minimum absolute atomic E-state index is 0. The zero-order valence-electron chi connectivity index (χ0n) is 11.3. The first-order valence-electron chi connectivity index (χ1n) is 2.92. The largest absolute Gasteiger partial charge is 2.00 e. The molecule has 0 rings (SSSR count). The van der Waals surface area contributed by atoms with Crippen molar-refractivity contribution in [3.63, 3.8) is 0 Å². The third-order valence-corrected chi connectivity index (χ3v) is 0. The second-order valence-corrected chi connectivity index (χ2v) is 5.37. The molecule has 0 saturated heterocycles. The summed E-state index contributed by atoms with van der Waals surface area (Å²) in [6.07, 6.45) is 0. The van der Waals surface area contributed by atoms with E-state index in [0.29, 0.717) is 0 Å². The number of hydrogen-bond acceptors (Lipinski definition) is 16. The summed E-state index contributed by atoms with van der Waals surface area (Å²) in [5.74, 6) is 0. The summed E-state index contributed by atoms with van der Waals surface area (Å²) in [4.78, 5) is 103. The molecule has 0 aromatic carbocycles. The van der Waals surface area contributed by atoms with E-state index in [-0.39, 0.29) is 110 Å². The number of phosphoric acid groups is 4. The van der Waals surface area contributed by atoms with Crippen LogP contribution in [-0.2, 0) is 128 Å². The molecule has 16 nitrogen and oxygen atoms in total. The van der Waals surface area contributed by atoms with E-state index in [9.17, 15) is 0 Å². The van der Waals surface area contributed by atoms with Crippen molar-refractivity contribution in [3.8, 4) is 0 Å². The third kappa shape index (κ3) is 1340. The first-order valence-corrected chi connectivity index (χ1v) is 8.76. The molecule has 0 aromatic heterocycles. The first kappa shape index (κ1) is 63.1. The summed E-state index contributed by atoms with van der Waals surface area (Å²) < 4.78 is 34.2. The Morgan fingerprint density at radius 3 is 0.308 bits per heavy atom. The molecule has 26 heteroatoms. The predicted octanol–water partition coefficient (Wildman–Crippen LogP) is -11.3. The molecule has 0 spiro atoms. The molecule has 0 unspecified atom stereocenters. The maximum absolute atomic E-state index is 8.55. The molecule has 0 heterocycles. The minimum Gasteiger partial charge on any atom is -0.822 e. The molecule has 0 aliphatic heterocycles. The Morgan fingerprint density at radius 2 is 0.308 bits per heavy atom. The summed E-state index contributed by atoms with van der Waals surface area (Å²) >= 11 is 0. The van der Waals surface area contributed by atoms with Crippen molar-refractivity contribution < 1.29 is 187 Å². The average molecular weight is 767 g/mol. The predicted molar refractivity (Wildman–Crippen MR) is 30.4 cm³/mol. The Labute approximate surface area is 216 Å². The Morgan fingerprint density at radius 1 is 0.308 bits per heavy atom. The maximum atomic E-state index is 8.55. The van der Waals surface area contributed by atoms with Crippen LogP contribution in [0.3, 0.4) is 0 Å². The standard InChI is InChI=1S/3Cu.4H3O4P.3Zn/c;;;4*1-5(2,3)4;;;/h;;;4*(H3,1,2,3,4);;;/q3*+2;;;;;3*+2/p-12. The van der Waals surface area contributed by atoms with Gasteiger partial charge in [-0.2, -0.15) is 31.3 Å². The van der Waals surface area contributed by atoms with Gasteiger partial charge in [0.15, 0.2) is 0 Å². The van der Waals surface area contributed by atoms with E-state index >= 15 is 0 Å². The van der Waals surface area contributed by atoms with Crippen molar-refractivity contribution in [3.05, 3.63) is 0 Å². The molecule has 0 aliphatic carbocycles. The molecule has 3 radical (unpaired) electrons. The molecule has 155 valence electrons. The van der Waals surface area contributed by atoms with E-state index < -0.39 is 31.3 Å². The summed E-state index contributed by atoms with van der Waals surface area (Å²) in [5, 5.41) is 0. The molecule has 0 bridgehead atoms. The van der Waals surface area contributed by atoms with Crippen molar-refractivity contribution in [2.45, 2.75) is 0 Å². The van der Waals surface area contributed by atoms with Crippen LogP contribution in [0.5, 0.6) is 0 Å². The summed E-state index contributed by atoms with van der Waals surface area (Å²) in [6, 6.07) is 0. The fourth-order valence-corrected chi connectivity index (χ4v) is 0. The Bertz CT molecular complexity index is 305. The van der Waals surface area contributed by atoms with Gasteiger partial charge in [0.2, 0.25) is 0 Å². The topological polar surface area (TPSA) is 345 Å². The van der Waals surface area contributed by atoms with Gasteiger partial charge < -0.3 is 77.0 Å². The van der Waals surface area contributed by atoms with Gasteiger partial charge in [-0.05, 0) is 0 Å². The first-order chi connectivity index (χ1) is 8.00. The Hall–Kier alpha value is 3.87. The van der Waals surface area contributed by atoms with Gasteiger partial charge in [-0.3, -0.25) is 0 Å². The van der Waals surface area contributed by atoms with Crippen molar-refractivity contribution in [2.24, 2.45) is 0 Å². The normalized spacial score (nSPS) is 9.08. The summed E-state index contributed by atoms with van der Waals surface area (Å²) in [5.41, 5.74) is 0. The second kappa shape index (κ2) is 28.9. The molecule has 0 aromatic rings. The van der Waals surface area contributed by atoms with Crippen LogP contribution in [0.2, 0.25) is 0 Å². The Balaban J connectivity index is -0.0000000152. The van der Waals surface area contributed by atoms with Crippen LogP contribution in [0.15, 0.2) is 0 Å². The summed E-state index contributed by atoms with van der Waals surface area (Å²) in [7, 11) is -21.6. The van der Waals surface area contributed by atoms with Crippen LogP contribution in [0.25, 0.3) is 0 Å². The third-order valence-electron chi connectivity index (χ3n) is 0. The fraction of sp³-hybridized carbons (Fsp3) is 0. The van der Waals surface area contributed by atoms with E-state index in [0.717, 1.165) is 0 Å². The van der Waals surface area contributed by atoms with Crippen molar-refractivity contribution in [1.29, 1.82) is 0 Å². The number of rotatable bonds is 0. The van der Waals surface area contributed by atoms with Gasteiger partial charge in [0.05, 0.1) is 0 Å². The average Bonchev–Trinajstić information content (AvgIpc) is 1.62. The quantitative estimate of drug-likeness (QED) is 0.163. The molecular weight excluding hydrogens is 767 g/mol.